The summed E-state index contributed by atoms with van der Waals surface area (Å²) in [6.07, 6.45) is 2.72. The number of aliphatic carboxylic acids is 1. The molecule has 0 bridgehead atoms. The van der Waals surface area contributed by atoms with E-state index in [1.807, 2.05) is 42.2 Å². The molecular formula is C19H25NO3. The third-order valence-electron chi connectivity index (χ3n) is 4.36. The predicted molar refractivity (Wildman–Crippen MR) is 89.8 cm³/mol. The second-order valence-electron chi connectivity index (χ2n) is 6.54. The number of carbonyl (C=O) groups excluding carboxylic acids is 1. The van der Waals surface area contributed by atoms with Crippen LogP contribution in [0.1, 0.15) is 38.2 Å². The van der Waals surface area contributed by atoms with Gasteiger partial charge in [-0.2, -0.15) is 0 Å². The summed E-state index contributed by atoms with van der Waals surface area (Å²) < 4.78 is 0. The summed E-state index contributed by atoms with van der Waals surface area (Å²) in [7, 11) is 0. The van der Waals surface area contributed by atoms with Gasteiger partial charge in [0.25, 0.3) is 0 Å². The van der Waals surface area contributed by atoms with Gasteiger partial charge >= 0.3 is 5.97 Å². The number of benzene rings is 1. The summed E-state index contributed by atoms with van der Waals surface area (Å²) in [6.45, 7) is 6.89. The topological polar surface area (TPSA) is 57.6 Å². The molecular weight excluding hydrogens is 290 g/mol. The SMILES string of the molecule is C=C(C)CN(Cc1ccccc1)C(=O)C1CCCC(C(=O)O)C1. The zero-order valence-corrected chi connectivity index (χ0v) is 13.7. The molecule has 1 aliphatic carbocycles. The van der Waals surface area contributed by atoms with Crippen molar-refractivity contribution in [2.45, 2.75) is 39.2 Å². The molecule has 1 aromatic carbocycles. The molecule has 2 unspecified atom stereocenters. The Kier molecular flexibility index (Phi) is 5.97. The predicted octanol–water partition coefficient (Wildman–Crippen LogP) is 3.48. The lowest BCUT2D eigenvalue weighted by atomic mass is 9.80. The number of carbonyl (C=O) groups is 2. The van der Waals surface area contributed by atoms with Crippen LogP contribution in [-0.4, -0.2) is 28.4 Å². The van der Waals surface area contributed by atoms with Crippen LogP contribution >= 0.6 is 0 Å². The van der Waals surface area contributed by atoms with Crippen LogP contribution in [-0.2, 0) is 16.1 Å². The standard InChI is InChI=1S/C19H25NO3/c1-14(2)12-20(13-15-7-4-3-5-8-15)18(21)16-9-6-10-17(11-16)19(22)23/h3-5,7-8,16-17H,1,6,9-13H2,2H3,(H,22,23). The van der Waals surface area contributed by atoms with E-state index in [4.69, 9.17) is 0 Å². The average molecular weight is 315 g/mol. The summed E-state index contributed by atoms with van der Waals surface area (Å²) in [5.74, 6) is -1.30. The highest BCUT2D eigenvalue weighted by Crippen LogP contribution is 2.31. The normalized spacial score (nSPS) is 20.7. The Hall–Kier alpha value is -2.10. The first-order valence-corrected chi connectivity index (χ1v) is 8.17. The van der Waals surface area contributed by atoms with Crippen molar-refractivity contribution in [3.05, 3.63) is 48.0 Å². The van der Waals surface area contributed by atoms with Crippen LogP contribution in [0.4, 0.5) is 0 Å². The highest BCUT2D eigenvalue weighted by molar-refractivity contribution is 5.80. The highest BCUT2D eigenvalue weighted by Gasteiger charge is 2.33. The number of rotatable bonds is 6. The van der Waals surface area contributed by atoms with Crippen molar-refractivity contribution in [3.8, 4) is 0 Å². The van der Waals surface area contributed by atoms with E-state index in [0.29, 0.717) is 25.9 Å². The van der Waals surface area contributed by atoms with Gasteiger partial charge in [-0.25, -0.2) is 0 Å². The summed E-state index contributed by atoms with van der Waals surface area (Å²) in [5.41, 5.74) is 2.01. The van der Waals surface area contributed by atoms with Gasteiger partial charge in [0, 0.05) is 19.0 Å². The highest BCUT2D eigenvalue weighted by atomic mass is 16.4. The molecule has 2 atom stereocenters. The largest absolute Gasteiger partial charge is 0.481 e. The van der Waals surface area contributed by atoms with Crippen LogP contribution in [0.2, 0.25) is 0 Å². The monoisotopic (exact) mass is 315 g/mol. The van der Waals surface area contributed by atoms with Gasteiger partial charge in [-0.05, 0) is 31.7 Å². The van der Waals surface area contributed by atoms with Crippen molar-refractivity contribution in [1.29, 1.82) is 0 Å². The number of hydrogen-bond donors (Lipinski definition) is 1. The molecule has 23 heavy (non-hydrogen) atoms. The van der Waals surface area contributed by atoms with Gasteiger partial charge in [0.15, 0.2) is 0 Å². The van der Waals surface area contributed by atoms with E-state index in [9.17, 15) is 14.7 Å². The molecule has 1 aliphatic rings. The minimum atomic E-state index is -0.781. The summed E-state index contributed by atoms with van der Waals surface area (Å²) in [6, 6.07) is 9.87. The van der Waals surface area contributed by atoms with Crippen LogP contribution in [0, 0.1) is 11.8 Å². The second-order valence-corrected chi connectivity index (χ2v) is 6.54. The minimum absolute atomic E-state index is 0.0582. The van der Waals surface area contributed by atoms with Crippen molar-refractivity contribution in [2.75, 3.05) is 6.54 Å². The Morgan fingerprint density at radius 1 is 1.22 bits per heavy atom. The Balaban J connectivity index is 2.09. The number of carboxylic acid groups (broad SMARTS) is 1. The van der Waals surface area contributed by atoms with Crippen molar-refractivity contribution in [2.24, 2.45) is 11.8 Å². The van der Waals surface area contributed by atoms with Gasteiger partial charge in [0.2, 0.25) is 5.91 Å². The maximum absolute atomic E-state index is 12.9. The molecule has 0 aliphatic heterocycles. The number of amides is 1. The first kappa shape index (κ1) is 17.3. The van der Waals surface area contributed by atoms with Gasteiger partial charge in [-0.3, -0.25) is 9.59 Å². The van der Waals surface area contributed by atoms with Crippen LogP contribution in [0.15, 0.2) is 42.5 Å². The smallest absolute Gasteiger partial charge is 0.306 e. The molecule has 124 valence electrons. The van der Waals surface area contributed by atoms with Crippen molar-refractivity contribution >= 4 is 11.9 Å². The fourth-order valence-corrected chi connectivity index (χ4v) is 3.24. The van der Waals surface area contributed by atoms with Gasteiger partial charge in [-0.15, -0.1) is 0 Å². The lowest BCUT2D eigenvalue weighted by Crippen LogP contribution is -2.39. The third-order valence-corrected chi connectivity index (χ3v) is 4.36. The molecule has 0 spiro atoms. The number of nitrogens with zero attached hydrogens (tertiary/aromatic N) is 1. The van der Waals surface area contributed by atoms with Crippen molar-refractivity contribution in [3.63, 3.8) is 0 Å². The molecule has 1 amide bonds. The molecule has 0 saturated heterocycles. The van der Waals surface area contributed by atoms with E-state index >= 15 is 0 Å². The molecule has 4 nitrogen and oxygen atoms in total. The fraction of sp³-hybridized carbons (Fsp3) is 0.474. The van der Waals surface area contributed by atoms with Crippen molar-refractivity contribution in [1.82, 2.24) is 4.90 Å². The van der Waals surface area contributed by atoms with Gasteiger partial charge in [-0.1, -0.05) is 48.9 Å². The van der Waals surface area contributed by atoms with E-state index in [1.54, 1.807) is 0 Å². The fourth-order valence-electron chi connectivity index (χ4n) is 3.24. The van der Waals surface area contributed by atoms with E-state index in [0.717, 1.165) is 24.0 Å². The molecule has 4 heteroatoms. The molecule has 1 saturated carbocycles. The zero-order valence-electron chi connectivity index (χ0n) is 13.7. The van der Waals surface area contributed by atoms with Gasteiger partial charge in [0.1, 0.15) is 0 Å². The molecule has 1 aromatic rings. The molecule has 1 N–H and O–H groups in total. The van der Waals surface area contributed by atoms with Crippen LogP contribution in [0.5, 0.6) is 0 Å². The van der Waals surface area contributed by atoms with E-state index < -0.39 is 5.97 Å². The average Bonchev–Trinajstić information content (AvgIpc) is 2.54. The summed E-state index contributed by atoms with van der Waals surface area (Å²) >= 11 is 0. The lowest BCUT2D eigenvalue weighted by molar-refractivity contribution is -0.145. The van der Waals surface area contributed by atoms with E-state index in [-0.39, 0.29) is 17.7 Å². The molecule has 2 rings (SSSR count). The van der Waals surface area contributed by atoms with Crippen LogP contribution in [0.3, 0.4) is 0 Å². The first-order valence-electron chi connectivity index (χ1n) is 8.17. The maximum Gasteiger partial charge on any atom is 0.306 e. The van der Waals surface area contributed by atoms with Gasteiger partial charge in [0.05, 0.1) is 5.92 Å². The first-order chi connectivity index (χ1) is 11.0. The van der Waals surface area contributed by atoms with E-state index in [1.165, 1.54) is 0 Å². The molecule has 0 heterocycles. The molecule has 1 fully saturated rings. The third kappa shape index (κ3) is 4.95. The molecule has 0 aromatic heterocycles. The van der Waals surface area contributed by atoms with Crippen molar-refractivity contribution < 1.29 is 14.7 Å². The molecule has 0 radical (unpaired) electrons. The van der Waals surface area contributed by atoms with Gasteiger partial charge < -0.3 is 10.0 Å². The minimum Gasteiger partial charge on any atom is -0.481 e. The maximum atomic E-state index is 12.9. The summed E-state index contributed by atoms with van der Waals surface area (Å²) in [4.78, 5) is 25.9. The zero-order chi connectivity index (χ0) is 16.8. The summed E-state index contributed by atoms with van der Waals surface area (Å²) in [5, 5.41) is 9.22. The van der Waals surface area contributed by atoms with Crippen LogP contribution in [0.25, 0.3) is 0 Å². The number of carboxylic acids is 1. The Morgan fingerprint density at radius 3 is 2.48 bits per heavy atom. The second kappa shape index (κ2) is 7.95. The Bertz CT molecular complexity index is 567. The van der Waals surface area contributed by atoms with E-state index in [2.05, 4.69) is 6.58 Å². The number of hydrogen-bond acceptors (Lipinski definition) is 2. The van der Waals surface area contributed by atoms with Crippen LogP contribution < -0.4 is 0 Å². The Labute approximate surface area is 137 Å². The quantitative estimate of drug-likeness (QED) is 0.818. The Morgan fingerprint density at radius 2 is 1.87 bits per heavy atom. The lowest BCUT2D eigenvalue weighted by Gasteiger charge is -2.31.